The molecule has 1 aromatic rings. The molecular weight excluding hydrogens is 436 g/mol. The first-order valence-electron chi connectivity index (χ1n) is 5.00. The lowest BCUT2D eigenvalue weighted by Crippen LogP contribution is -2.17. The first kappa shape index (κ1) is 19.2. The summed E-state index contributed by atoms with van der Waals surface area (Å²) in [6, 6.07) is 10.5. The average Bonchev–Trinajstić information content (AvgIpc) is 2.30. The Balaban J connectivity index is 0. The summed E-state index contributed by atoms with van der Waals surface area (Å²) >= 11 is 0. The molecule has 94 valence electrons. The number of nitrogens with one attached hydrogen (secondary N) is 1. The molecule has 0 saturated carbocycles. The van der Waals surface area contributed by atoms with E-state index in [9.17, 15) is 0 Å². The Morgan fingerprint density at radius 2 is 1.76 bits per heavy atom. The van der Waals surface area contributed by atoms with Crippen LogP contribution in [0.4, 0.5) is 0 Å². The van der Waals surface area contributed by atoms with E-state index in [0.29, 0.717) is 0 Å². The predicted molar refractivity (Wildman–Crippen MR) is 97.5 cm³/mol. The maximum absolute atomic E-state index is 3.82. The van der Waals surface area contributed by atoms with Crippen molar-refractivity contribution in [3.05, 3.63) is 72.9 Å². The summed E-state index contributed by atoms with van der Waals surface area (Å²) in [5.74, 6) is 0. The van der Waals surface area contributed by atoms with Crippen LogP contribution in [-0.4, -0.2) is 7.05 Å². The molecule has 0 spiro atoms. The summed E-state index contributed by atoms with van der Waals surface area (Å²) in [6.45, 7) is 7.52. The number of allylic oxidation sites excluding steroid dienone is 2. The molecular formula is C14H19I2N. The van der Waals surface area contributed by atoms with Gasteiger partial charge in [-0.1, -0.05) is 61.7 Å². The molecule has 0 amide bonds. The van der Waals surface area contributed by atoms with Crippen LogP contribution in [0.25, 0.3) is 0 Å². The highest BCUT2D eigenvalue weighted by molar-refractivity contribution is 14.0. The van der Waals surface area contributed by atoms with Gasteiger partial charge in [-0.3, -0.25) is 0 Å². The second-order valence-corrected chi connectivity index (χ2v) is 3.24. The Kier molecular flexibility index (Phi) is 12.4. The van der Waals surface area contributed by atoms with E-state index in [0.717, 1.165) is 5.57 Å². The number of hydrogen-bond acceptors (Lipinski definition) is 1. The molecule has 1 unspecified atom stereocenters. The zero-order chi connectivity index (χ0) is 11.1. The van der Waals surface area contributed by atoms with Gasteiger partial charge >= 0.3 is 0 Å². The average molecular weight is 455 g/mol. The minimum atomic E-state index is 0. The third-order valence-electron chi connectivity index (χ3n) is 2.30. The van der Waals surface area contributed by atoms with Gasteiger partial charge in [0.2, 0.25) is 0 Å². The van der Waals surface area contributed by atoms with E-state index in [1.54, 1.807) is 6.08 Å². The fourth-order valence-corrected chi connectivity index (χ4v) is 1.59. The molecule has 17 heavy (non-hydrogen) atoms. The normalized spacial score (nSPS) is 11.7. The smallest absolute Gasteiger partial charge is 0.0574 e. The molecule has 0 saturated heterocycles. The van der Waals surface area contributed by atoms with Crippen LogP contribution in [-0.2, 0) is 0 Å². The van der Waals surface area contributed by atoms with Crippen molar-refractivity contribution in [2.75, 3.05) is 7.05 Å². The molecule has 0 fully saturated rings. The van der Waals surface area contributed by atoms with Gasteiger partial charge in [0.1, 0.15) is 0 Å². The summed E-state index contributed by atoms with van der Waals surface area (Å²) in [6.07, 6.45) is 5.61. The molecule has 3 heteroatoms. The van der Waals surface area contributed by atoms with Gasteiger partial charge < -0.3 is 5.32 Å². The number of benzene rings is 1. The van der Waals surface area contributed by atoms with Crippen molar-refractivity contribution in [1.29, 1.82) is 0 Å². The van der Waals surface area contributed by atoms with Crippen molar-refractivity contribution in [2.24, 2.45) is 0 Å². The van der Waals surface area contributed by atoms with Crippen molar-refractivity contribution >= 4 is 48.0 Å². The van der Waals surface area contributed by atoms with Gasteiger partial charge in [-0.2, -0.15) is 0 Å². The third-order valence-corrected chi connectivity index (χ3v) is 2.30. The van der Waals surface area contributed by atoms with Crippen LogP contribution in [0.15, 0.2) is 67.3 Å². The third kappa shape index (κ3) is 5.83. The van der Waals surface area contributed by atoms with E-state index in [2.05, 4.69) is 30.6 Å². The fourth-order valence-electron chi connectivity index (χ4n) is 1.59. The summed E-state index contributed by atoms with van der Waals surface area (Å²) in [4.78, 5) is 0. The lowest BCUT2D eigenvalue weighted by Gasteiger charge is -2.17. The maximum atomic E-state index is 3.82. The first-order chi connectivity index (χ1) is 7.33. The molecule has 1 N–H and O–H groups in total. The summed E-state index contributed by atoms with van der Waals surface area (Å²) in [5, 5.41) is 3.27. The fraction of sp³-hybridized carbons (Fsp3) is 0.143. The summed E-state index contributed by atoms with van der Waals surface area (Å²) in [7, 11) is 1.94. The summed E-state index contributed by atoms with van der Waals surface area (Å²) < 4.78 is 0. The van der Waals surface area contributed by atoms with Crippen LogP contribution in [0.3, 0.4) is 0 Å². The van der Waals surface area contributed by atoms with Gasteiger partial charge in [-0.05, 0) is 18.2 Å². The van der Waals surface area contributed by atoms with Crippen molar-refractivity contribution in [3.8, 4) is 0 Å². The van der Waals surface area contributed by atoms with Crippen molar-refractivity contribution in [3.63, 3.8) is 0 Å². The molecule has 0 heterocycles. The molecule has 1 rings (SSSR count). The predicted octanol–water partition coefficient (Wildman–Crippen LogP) is 4.48. The Labute approximate surface area is 138 Å². The van der Waals surface area contributed by atoms with Crippen molar-refractivity contribution in [2.45, 2.75) is 6.04 Å². The molecule has 0 radical (unpaired) electrons. The zero-order valence-corrected chi connectivity index (χ0v) is 14.6. The van der Waals surface area contributed by atoms with Gasteiger partial charge in [0.15, 0.2) is 0 Å². The molecule has 1 aromatic carbocycles. The minimum Gasteiger partial charge on any atom is -0.309 e. The van der Waals surface area contributed by atoms with Crippen LogP contribution >= 0.6 is 48.0 Å². The van der Waals surface area contributed by atoms with Gasteiger partial charge in [0.25, 0.3) is 0 Å². The zero-order valence-electron chi connectivity index (χ0n) is 9.93. The molecule has 0 aliphatic carbocycles. The van der Waals surface area contributed by atoms with Crippen molar-refractivity contribution in [1.82, 2.24) is 5.32 Å². The molecule has 0 aliphatic heterocycles. The van der Waals surface area contributed by atoms with E-state index in [1.807, 2.05) is 37.4 Å². The molecule has 0 bridgehead atoms. The second kappa shape index (κ2) is 11.0. The highest BCUT2D eigenvalue weighted by atomic mass is 127. The van der Waals surface area contributed by atoms with Crippen molar-refractivity contribution < 1.29 is 0 Å². The van der Waals surface area contributed by atoms with E-state index in [4.69, 9.17) is 0 Å². The quantitative estimate of drug-likeness (QED) is 0.510. The van der Waals surface area contributed by atoms with Gasteiger partial charge in [0.05, 0.1) is 6.04 Å². The van der Waals surface area contributed by atoms with E-state index < -0.39 is 0 Å². The monoisotopic (exact) mass is 455 g/mol. The Morgan fingerprint density at radius 1 is 1.18 bits per heavy atom. The van der Waals surface area contributed by atoms with Gasteiger partial charge in [-0.15, -0.1) is 48.0 Å². The van der Waals surface area contributed by atoms with Crippen LogP contribution in [0.1, 0.15) is 11.6 Å². The van der Waals surface area contributed by atoms with E-state index >= 15 is 0 Å². The standard InChI is InChI=1S/C14H17N.2HI/c1-4-9-12(5-2)14(15-3)13-10-7-6-8-11-13;;/h4-11,14-15H,1-2H2,3H3;2*1H/b12-9+;;. The Bertz CT molecular complexity index is 358. The number of rotatable bonds is 5. The number of halogens is 2. The maximum Gasteiger partial charge on any atom is 0.0574 e. The largest absolute Gasteiger partial charge is 0.309 e. The van der Waals surface area contributed by atoms with E-state index in [1.165, 1.54) is 5.56 Å². The van der Waals surface area contributed by atoms with Crippen LogP contribution < -0.4 is 5.32 Å². The van der Waals surface area contributed by atoms with Crippen LogP contribution in [0.2, 0.25) is 0 Å². The highest BCUT2D eigenvalue weighted by Gasteiger charge is 2.10. The molecule has 1 atom stereocenters. The van der Waals surface area contributed by atoms with E-state index in [-0.39, 0.29) is 54.0 Å². The minimum absolute atomic E-state index is 0. The molecule has 0 aromatic heterocycles. The Hall–Kier alpha value is -0.140. The lowest BCUT2D eigenvalue weighted by atomic mass is 9.98. The van der Waals surface area contributed by atoms with Crippen LogP contribution in [0.5, 0.6) is 0 Å². The Morgan fingerprint density at radius 3 is 2.18 bits per heavy atom. The molecule has 0 aliphatic rings. The highest BCUT2D eigenvalue weighted by Crippen LogP contribution is 2.21. The van der Waals surface area contributed by atoms with Gasteiger partial charge in [0, 0.05) is 0 Å². The second-order valence-electron chi connectivity index (χ2n) is 3.24. The summed E-state index contributed by atoms with van der Waals surface area (Å²) in [5.41, 5.74) is 2.35. The molecule has 1 nitrogen and oxygen atoms in total. The van der Waals surface area contributed by atoms with Gasteiger partial charge in [-0.25, -0.2) is 0 Å². The lowest BCUT2D eigenvalue weighted by molar-refractivity contribution is 0.691. The number of hydrogen-bond donors (Lipinski definition) is 1. The SMILES string of the molecule is C=C/C=C(\C=C)C(NC)c1ccccc1.I.I. The van der Waals surface area contributed by atoms with Crippen LogP contribution in [0, 0.1) is 0 Å². The first-order valence-corrected chi connectivity index (χ1v) is 5.00. The topological polar surface area (TPSA) is 12.0 Å². The number of likely N-dealkylation sites (N-methyl/N-ethyl adjacent to an activating group) is 1.